The monoisotopic (exact) mass is 262 g/mol. The van der Waals surface area contributed by atoms with E-state index in [4.69, 9.17) is 15.2 Å². The van der Waals surface area contributed by atoms with Gasteiger partial charge in [-0.2, -0.15) is 0 Å². The summed E-state index contributed by atoms with van der Waals surface area (Å²) in [5, 5.41) is 0. The largest absolute Gasteiger partial charge is 0.457 e. The Balaban J connectivity index is 1.61. The van der Waals surface area contributed by atoms with Crippen LogP contribution in [-0.4, -0.2) is 29.3 Å². The number of aromatic nitrogens is 1. The molecular formula is C14H18N2O3. The van der Waals surface area contributed by atoms with Crippen LogP contribution in [0.3, 0.4) is 0 Å². The van der Waals surface area contributed by atoms with Gasteiger partial charge in [-0.25, -0.2) is 9.78 Å². The molecule has 2 heterocycles. The number of pyridine rings is 1. The second kappa shape index (κ2) is 4.81. The molecule has 19 heavy (non-hydrogen) atoms. The van der Waals surface area contributed by atoms with E-state index in [0.717, 1.165) is 25.7 Å². The fourth-order valence-corrected chi connectivity index (χ4v) is 2.74. The number of anilines is 1. The highest BCUT2D eigenvalue weighted by Gasteiger charge is 2.43. The summed E-state index contributed by atoms with van der Waals surface area (Å²) in [4.78, 5) is 16.0. The average molecular weight is 262 g/mol. The van der Waals surface area contributed by atoms with Gasteiger partial charge in [0.2, 0.25) is 0 Å². The number of carbonyl (C=O) groups is 1. The minimum absolute atomic E-state index is 0.0161. The van der Waals surface area contributed by atoms with Crippen LogP contribution in [0.1, 0.15) is 42.6 Å². The van der Waals surface area contributed by atoms with Gasteiger partial charge in [0.15, 0.2) is 0 Å². The molecule has 1 aliphatic carbocycles. The number of nitrogens with zero attached hydrogens (tertiary/aromatic N) is 1. The summed E-state index contributed by atoms with van der Waals surface area (Å²) in [6.07, 6.45) is 6.37. The molecule has 1 unspecified atom stereocenters. The van der Waals surface area contributed by atoms with Crippen molar-refractivity contribution in [3.05, 3.63) is 24.0 Å². The normalized spacial score (nSPS) is 24.7. The lowest BCUT2D eigenvalue weighted by atomic mass is 9.74. The number of hydrogen-bond donors (Lipinski definition) is 1. The van der Waals surface area contributed by atoms with Crippen molar-refractivity contribution in [3.63, 3.8) is 0 Å². The predicted molar refractivity (Wildman–Crippen MR) is 69.6 cm³/mol. The summed E-state index contributed by atoms with van der Waals surface area (Å²) < 4.78 is 11.3. The van der Waals surface area contributed by atoms with Crippen molar-refractivity contribution in [2.24, 2.45) is 0 Å². The van der Waals surface area contributed by atoms with Gasteiger partial charge in [0, 0.05) is 12.8 Å². The Morgan fingerprint density at radius 2 is 2.32 bits per heavy atom. The van der Waals surface area contributed by atoms with E-state index in [1.165, 1.54) is 12.6 Å². The fourth-order valence-electron chi connectivity index (χ4n) is 2.74. The maximum absolute atomic E-state index is 12.0. The molecule has 2 N–H and O–H groups in total. The second-order valence-corrected chi connectivity index (χ2v) is 5.38. The smallest absolute Gasteiger partial charge is 0.357 e. The van der Waals surface area contributed by atoms with Gasteiger partial charge in [-0.1, -0.05) is 0 Å². The third-order valence-corrected chi connectivity index (χ3v) is 3.98. The van der Waals surface area contributed by atoms with E-state index in [0.29, 0.717) is 18.0 Å². The van der Waals surface area contributed by atoms with Crippen LogP contribution in [0.4, 0.5) is 5.69 Å². The molecule has 0 amide bonds. The van der Waals surface area contributed by atoms with Crippen LogP contribution in [0.15, 0.2) is 18.3 Å². The van der Waals surface area contributed by atoms with Crippen LogP contribution in [0.25, 0.3) is 0 Å². The molecule has 1 atom stereocenters. The van der Waals surface area contributed by atoms with Gasteiger partial charge in [-0.3, -0.25) is 0 Å². The van der Waals surface area contributed by atoms with Crippen molar-refractivity contribution in [2.45, 2.75) is 43.8 Å². The van der Waals surface area contributed by atoms with Gasteiger partial charge in [0.1, 0.15) is 11.8 Å². The summed E-state index contributed by atoms with van der Waals surface area (Å²) in [5.41, 5.74) is 6.37. The van der Waals surface area contributed by atoms with Crippen molar-refractivity contribution in [2.75, 3.05) is 12.3 Å². The van der Waals surface area contributed by atoms with E-state index in [1.807, 2.05) is 0 Å². The van der Waals surface area contributed by atoms with Crippen LogP contribution in [0.2, 0.25) is 0 Å². The van der Waals surface area contributed by atoms with Gasteiger partial charge in [-0.15, -0.1) is 0 Å². The summed E-state index contributed by atoms with van der Waals surface area (Å²) in [6.45, 7) is 0.674. The zero-order chi connectivity index (χ0) is 13.3. The minimum Gasteiger partial charge on any atom is -0.457 e. The second-order valence-electron chi connectivity index (χ2n) is 5.38. The molecule has 1 saturated carbocycles. The number of nitrogens with two attached hydrogens (primary N) is 1. The number of esters is 1. The van der Waals surface area contributed by atoms with Crippen molar-refractivity contribution >= 4 is 11.7 Å². The first-order chi connectivity index (χ1) is 9.17. The lowest BCUT2D eigenvalue weighted by Gasteiger charge is -2.46. The molecule has 2 fully saturated rings. The van der Waals surface area contributed by atoms with Crippen LogP contribution in [-0.2, 0) is 9.47 Å². The number of nitrogen functional groups attached to an aromatic ring is 1. The van der Waals surface area contributed by atoms with Crippen LogP contribution < -0.4 is 5.73 Å². The van der Waals surface area contributed by atoms with E-state index < -0.39 is 0 Å². The quantitative estimate of drug-likeness (QED) is 0.824. The Hall–Kier alpha value is -1.62. The van der Waals surface area contributed by atoms with Gasteiger partial charge in [-0.05, 0) is 31.4 Å². The molecule has 102 valence electrons. The third kappa shape index (κ3) is 2.56. The van der Waals surface area contributed by atoms with Crippen LogP contribution in [0, 0.1) is 0 Å². The maximum Gasteiger partial charge on any atom is 0.357 e. The Labute approximate surface area is 112 Å². The zero-order valence-electron chi connectivity index (χ0n) is 10.8. The van der Waals surface area contributed by atoms with Gasteiger partial charge >= 0.3 is 5.97 Å². The Morgan fingerprint density at radius 3 is 2.95 bits per heavy atom. The number of hydrogen-bond acceptors (Lipinski definition) is 5. The first-order valence-electron chi connectivity index (χ1n) is 6.73. The molecule has 2 aliphatic rings. The number of ether oxygens (including phenoxy) is 2. The summed E-state index contributed by atoms with van der Waals surface area (Å²) >= 11 is 0. The van der Waals surface area contributed by atoms with Gasteiger partial charge in [0.05, 0.1) is 24.1 Å². The van der Waals surface area contributed by atoms with E-state index in [9.17, 15) is 4.79 Å². The predicted octanol–water partition coefficient (Wildman–Crippen LogP) is 1.92. The van der Waals surface area contributed by atoms with E-state index in [1.54, 1.807) is 12.1 Å². The van der Waals surface area contributed by atoms with E-state index in [2.05, 4.69) is 4.98 Å². The van der Waals surface area contributed by atoms with Crippen molar-refractivity contribution in [1.82, 2.24) is 4.98 Å². The van der Waals surface area contributed by atoms with Gasteiger partial charge in [0.25, 0.3) is 0 Å². The topological polar surface area (TPSA) is 74.4 Å². The van der Waals surface area contributed by atoms with Crippen LogP contribution in [0.5, 0.6) is 0 Å². The number of rotatable bonds is 2. The first kappa shape index (κ1) is 12.4. The highest BCUT2D eigenvalue weighted by atomic mass is 16.6. The highest BCUT2D eigenvalue weighted by molar-refractivity contribution is 5.87. The number of carbonyl (C=O) groups excluding carboxylic acids is 1. The Bertz CT molecular complexity index is 468. The fraction of sp³-hybridized carbons (Fsp3) is 0.571. The van der Waals surface area contributed by atoms with E-state index in [-0.39, 0.29) is 17.7 Å². The summed E-state index contributed by atoms with van der Waals surface area (Å²) in [7, 11) is 0. The molecule has 1 aliphatic heterocycles. The maximum atomic E-state index is 12.0. The lowest BCUT2D eigenvalue weighted by Crippen LogP contribution is -2.48. The molecular weight excluding hydrogens is 244 g/mol. The van der Waals surface area contributed by atoms with Crippen molar-refractivity contribution in [3.8, 4) is 0 Å². The molecule has 1 aromatic rings. The molecule has 1 saturated heterocycles. The molecule has 5 heteroatoms. The molecule has 0 bridgehead atoms. The summed E-state index contributed by atoms with van der Waals surface area (Å²) in [5.74, 6) is -0.374. The molecule has 1 aromatic heterocycles. The lowest BCUT2D eigenvalue weighted by molar-refractivity contribution is -0.159. The van der Waals surface area contributed by atoms with E-state index >= 15 is 0 Å². The summed E-state index contributed by atoms with van der Waals surface area (Å²) in [6, 6.07) is 3.25. The van der Waals surface area contributed by atoms with Crippen molar-refractivity contribution < 1.29 is 14.3 Å². The average Bonchev–Trinajstić information content (AvgIpc) is 2.38. The zero-order valence-corrected chi connectivity index (χ0v) is 10.8. The molecule has 1 spiro atoms. The first-order valence-corrected chi connectivity index (χ1v) is 6.73. The Kier molecular flexibility index (Phi) is 3.14. The van der Waals surface area contributed by atoms with Crippen LogP contribution >= 0.6 is 0 Å². The minimum atomic E-state index is -0.374. The molecule has 5 nitrogen and oxygen atoms in total. The SMILES string of the molecule is Nc1ccc(C(=O)OC2CCOC3(CCC3)C2)nc1. The van der Waals surface area contributed by atoms with Crippen molar-refractivity contribution in [1.29, 1.82) is 0 Å². The standard InChI is InChI=1S/C14H18N2O3/c15-10-2-3-12(16-9-10)13(17)19-11-4-7-18-14(8-11)5-1-6-14/h2-3,9,11H,1,4-8,15H2. The highest BCUT2D eigenvalue weighted by Crippen LogP contribution is 2.43. The van der Waals surface area contributed by atoms with Gasteiger partial charge < -0.3 is 15.2 Å². The molecule has 0 radical (unpaired) electrons. The Morgan fingerprint density at radius 1 is 1.47 bits per heavy atom. The molecule has 0 aromatic carbocycles. The third-order valence-electron chi connectivity index (χ3n) is 3.98. The molecule has 3 rings (SSSR count).